The summed E-state index contributed by atoms with van der Waals surface area (Å²) in [6.07, 6.45) is -5.93. The van der Waals surface area contributed by atoms with Crippen molar-refractivity contribution in [2.75, 3.05) is 0 Å². The van der Waals surface area contributed by atoms with Crippen LogP contribution >= 0.6 is 11.6 Å². The van der Waals surface area contributed by atoms with E-state index in [1.165, 1.54) is 24.3 Å². The lowest BCUT2D eigenvalue weighted by atomic mass is 9.96. The monoisotopic (exact) mass is 300 g/mol. The number of halogens is 4. The van der Waals surface area contributed by atoms with Crippen molar-refractivity contribution in [1.82, 2.24) is 0 Å². The standard InChI is InChI=1S/C15H12ClF3O/c1-9-6-7-11(13(16)8-9)14(20)10-4-2-3-5-12(10)15(17,18)19/h2-8,14,20H,1H3. The van der Waals surface area contributed by atoms with Crippen LogP contribution in [0.4, 0.5) is 13.2 Å². The maximum absolute atomic E-state index is 12.9. The average molecular weight is 301 g/mol. The van der Waals surface area contributed by atoms with Gasteiger partial charge in [-0.1, -0.05) is 41.9 Å². The molecule has 5 heteroatoms. The van der Waals surface area contributed by atoms with Crippen molar-refractivity contribution < 1.29 is 18.3 Å². The topological polar surface area (TPSA) is 20.2 Å². The molecule has 2 aromatic carbocycles. The van der Waals surface area contributed by atoms with E-state index in [1.807, 2.05) is 6.92 Å². The molecule has 0 saturated heterocycles. The van der Waals surface area contributed by atoms with Crippen LogP contribution in [0.3, 0.4) is 0 Å². The van der Waals surface area contributed by atoms with Crippen molar-refractivity contribution in [2.45, 2.75) is 19.2 Å². The molecule has 0 spiro atoms. The number of benzene rings is 2. The Morgan fingerprint density at radius 3 is 2.30 bits per heavy atom. The summed E-state index contributed by atoms with van der Waals surface area (Å²) in [5.74, 6) is 0. The van der Waals surface area contributed by atoms with Gasteiger partial charge in [0.1, 0.15) is 6.10 Å². The second-order valence-electron chi connectivity index (χ2n) is 4.51. The molecular formula is C15H12ClF3O. The summed E-state index contributed by atoms with van der Waals surface area (Å²) >= 11 is 6.00. The second-order valence-corrected chi connectivity index (χ2v) is 4.92. The third-order valence-corrected chi connectivity index (χ3v) is 3.34. The zero-order valence-corrected chi connectivity index (χ0v) is 11.3. The molecule has 0 amide bonds. The maximum Gasteiger partial charge on any atom is 0.416 e. The van der Waals surface area contributed by atoms with Gasteiger partial charge in [-0.25, -0.2) is 0 Å². The predicted octanol–water partition coefficient (Wildman–Crippen LogP) is 4.75. The van der Waals surface area contributed by atoms with E-state index in [9.17, 15) is 18.3 Å². The molecule has 0 aliphatic heterocycles. The second kappa shape index (κ2) is 5.46. The first-order valence-electron chi connectivity index (χ1n) is 5.91. The Kier molecular flexibility index (Phi) is 4.06. The van der Waals surface area contributed by atoms with E-state index in [0.29, 0.717) is 0 Å². The van der Waals surface area contributed by atoms with Gasteiger partial charge < -0.3 is 5.11 Å². The number of rotatable bonds is 2. The molecule has 0 aromatic heterocycles. The van der Waals surface area contributed by atoms with E-state index in [1.54, 1.807) is 12.1 Å². The number of alkyl halides is 3. The van der Waals surface area contributed by atoms with Crippen LogP contribution in [0.1, 0.15) is 28.4 Å². The van der Waals surface area contributed by atoms with Gasteiger partial charge in [0.15, 0.2) is 0 Å². The molecule has 0 saturated carbocycles. The van der Waals surface area contributed by atoms with Gasteiger partial charge in [-0.15, -0.1) is 0 Å². The molecule has 1 atom stereocenters. The zero-order chi connectivity index (χ0) is 14.9. The van der Waals surface area contributed by atoms with Crippen LogP contribution in [-0.4, -0.2) is 5.11 Å². The first-order chi connectivity index (χ1) is 9.30. The molecule has 0 aliphatic rings. The highest BCUT2D eigenvalue weighted by atomic mass is 35.5. The minimum Gasteiger partial charge on any atom is -0.384 e. The highest BCUT2D eigenvalue weighted by Gasteiger charge is 2.35. The molecule has 0 fully saturated rings. The molecule has 2 rings (SSSR count). The Hall–Kier alpha value is -1.52. The fraction of sp³-hybridized carbons (Fsp3) is 0.200. The summed E-state index contributed by atoms with van der Waals surface area (Å²) in [7, 11) is 0. The van der Waals surface area contributed by atoms with Gasteiger partial charge in [0.25, 0.3) is 0 Å². The smallest absolute Gasteiger partial charge is 0.384 e. The summed E-state index contributed by atoms with van der Waals surface area (Å²) in [5.41, 5.74) is 0.0684. The summed E-state index contributed by atoms with van der Waals surface area (Å²) in [6.45, 7) is 1.81. The van der Waals surface area contributed by atoms with Gasteiger partial charge in [0.2, 0.25) is 0 Å². The lowest BCUT2D eigenvalue weighted by molar-refractivity contribution is -0.139. The van der Waals surface area contributed by atoms with E-state index < -0.39 is 17.8 Å². The number of aliphatic hydroxyl groups excluding tert-OH is 1. The van der Waals surface area contributed by atoms with Gasteiger partial charge in [0.05, 0.1) is 5.56 Å². The van der Waals surface area contributed by atoms with Crippen LogP contribution in [0.25, 0.3) is 0 Å². The lowest BCUT2D eigenvalue weighted by Crippen LogP contribution is -2.12. The highest BCUT2D eigenvalue weighted by molar-refractivity contribution is 6.31. The van der Waals surface area contributed by atoms with Gasteiger partial charge in [-0.3, -0.25) is 0 Å². The van der Waals surface area contributed by atoms with Gasteiger partial charge in [-0.05, 0) is 30.2 Å². The van der Waals surface area contributed by atoms with E-state index in [2.05, 4.69) is 0 Å². The SMILES string of the molecule is Cc1ccc(C(O)c2ccccc2C(F)(F)F)c(Cl)c1. The molecule has 1 N–H and O–H groups in total. The van der Waals surface area contributed by atoms with Crippen LogP contribution in [0.5, 0.6) is 0 Å². The van der Waals surface area contributed by atoms with E-state index in [-0.39, 0.29) is 16.1 Å². The highest BCUT2D eigenvalue weighted by Crippen LogP contribution is 2.38. The van der Waals surface area contributed by atoms with Crippen LogP contribution in [-0.2, 0) is 6.18 Å². The summed E-state index contributed by atoms with van der Waals surface area (Å²) in [6, 6.07) is 9.78. The molecule has 106 valence electrons. The Bertz CT molecular complexity index is 623. The van der Waals surface area contributed by atoms with Crippen LogP contribution in [0.2, 0.25) is 5.02 Å². The third kappa shape index (κ3) is 2.97. The Morgan fingerprint density at radius 2 is 1.70 bits per heavy atom. The normalized spacial score (nSPS) is 13.3. The van der Waals surface area contributed by atoms with Crippen molar-refractivity contribution in [2.24, 2.45) is 0 Å². The van der Waals surface area contributed by atoms with Crippen LogP contribution in [0.15, 0.2) is 42.5 Å². The minimum atomic E-state index is -4.52. The summed E-state index contributed by atoms with van der Waals surface area (Å²) < 4.78 is 38.8. The van der Waals surface area contributed by atoms with Crippen LogP contribution in [0, 0.1) is 6.92 Å². The Balaban J connectivity index is 2.51. The fourth-order valence-electron chi connectivity index (χ4n) is 2.02. The van der Waals surface area contributed by atoms with E-state index >= 15 is 0 Å². The third-order valence-electron chi connectivity index (χ3n) is 3.01. The van der Waals surface area contributed by atoms with Crippen molar-refractivity contribution in [1.29, 1.82) is 0 Å². The molecule has 1 nitrogen and oxygen atoms in total. The number of hydrogen-bond donors (Lipinski definition) is 1. The van der Waals surface area contributed by atoms with E-state index in [4.69, 9.17) is 11.6 Å². The molecule has 0 bridgehead atoms. The number of aliphatic hydroxyl groups is 1. The molecule has 2 aromatic rings. The molecular weight excluding hydrogens is 289 g/mol. The van der Waals surface area contributed by atoms with Gasteiger partial charge >= 0.3 is 6.18 Å². The quantitative estimate of drug-likeness (QED) is 0.848. The molecule has 1 unspecified atom stereocenters. The van der Waals surface area contributed by atoms with Crippen molar-refractivity contribution in [3.05, 3.63) is 69.7 Å². The molecule has 0 radical (unpaired) electrons. The zero-order valence-electron chi connectivity index (χ0n) is 10.6. The van der Waals surface area contributed by atoms with Crippen molar-refractivity contribution in [3.8, 4) is 0 Å². The fourth-order valence-corrected chi connectivity index (χ4v) is 2.35. The minimum absolute atomic E-state index is 0.203. The number of aryl methyl sites for hydroxylation is 1. The van der Waals surface area contributed by atoms with Crippen molar-refractivity contribution >= 4 is 11.6 Å². The molecule has 0 aliphatic carbocycles. The predicted molar refractivity (Wildman–Crippen MR) is 71.7 cm³/mol. The lowest BCUT2D eigenvalue weighted by Gasteiger charge is -2.18. The number of hydrogen-bond acceptors (Lipinski definition) is 1. The maximum atomic E-state index is 12.9. The van der Waals surface area contributed by atoms with Gasteiger partial charge in [0, 0.05) is 10.6 Å². The summed E-state index contributed by atoms with van der Waals surface area (Å²) in [4.78, 5) is 0. The van der Waals surface area contributed by atoms with Crippen LogP contribution < -0.4 is 0 Å². The Morgan fingerprint density at radius 1 is 1.05 bits per heavy atom. The average Bonchev–Trinajstić information content (AvgIpc) is 2.37. The Labute approximate surface area is 119 Å². The largest absolute Gasteiger partial charge is 0.416 e. The van der Waals surface area contributed by atoms with Gasteiger partial charge in [-0.2, -0.15) is 13.2 Å². The molecule has 0 heterocycles. The van der Waals surface area contributed by atoms with Crippen molar-refractivity contribution in [3.63, 3.8) is 0 Å². The van der Waals surface area contributed by atoms with E-state index in [0.717, 1.165) is 11.6 Å². The molecule has 20 heavy (non-hydrogen) atoms. The first-order valence-corrected chi connectivity index (χ1v) is 6.28. The first kappa shape index (κ1) is 14.9. The summed E-state index contributed by atoms with van der Waals surface area (Å²) in [5, 5.41) is 10.5.